The van der Waals surface area contributed by atoms with Crippen molar-refractivity contribution >= 4 is 28.7 Å². The number of amides is 2. The van der Waals surface area contributed by atoms with Gasteiger partial charge in [0.15, 0.2) is 0 Å². The maximum atomic E-state index is 14.0. The van der Waals surface area contributed by atoms with E-state index in [9.17, 15) is 23.9 Å². The minimum absolute atomic E-state index is 0.0463. The Hall–Kier alpha value is -5.24. The minimum atomic E-state index is -0.989. The molecule has 0 aliphatic rings. The van der Waals surface area contributed by atoms with Crippen LogP contribution in [0.25, 0.3) is 22.0 Å². The number of hydrogen-bond donors (Lipinski definition) is 3. The third-order valence-corrected chi connectivity index (χ3v) is 7.19. The third kappa shape index (κ3) is 6.55. The highest BCUT2D eigenvalue weighted by Crippen LogP contribution is 2.29. The van der Waals surface area contributed by atoms with Gasteiger partial charge in [0.1, 0.15) is 5.82 Å². The zero-order valence-electron chi connectivity index (χ0n) is 22.8. The zero-order valence-corrected chi connectivity index (χ0v) is 22.8. The Balaban J connectivity index is 1.41. The lowest BCUT2D eigenvalue weighted by atomic mass is 9.94. The topological polar surface area (TPSA) is 102 Å². The van der Waals surface area contributed by atoms with Crippen LogP contribution in [0.5, 0.6) is 0 Å². The van der Waals surface area contributed by atoms with Gasteiger partial charge in [-0.15, -0.1) is 0 Å². The number of carbonyl (C=O) groups is 3. The van der Waals surface area contributed by atoms with Crippen molar-refractivity contribution in [3.8, 4) is 11.1 Å². The number of rotatable bonds is 11. The zero-order chi connectivity index (χ0) is 29.5. The van der Waals surface area contributed by atoms with Crippen molar-refractivity contribution < 1.29 is 23.9 Å². The van der Waals surface area contributed by atoms with Crippen LogP contribution in [0.2, 0.25) is 0 Å². The maximum Gasteiger partial charge on any atom is 0.305 e. The second-order valence-corrected chi connectivity index (χ2v) is 9.95. The maximum absolute atomic E-state index is 14.0. The van der Waals surface area contributed by atoms with Crippen molar-refractivity contribution in [2.75, 3.05) is 13.1 Å². The largest absolute Gasteiger partial charge is 0.481 e. The second-order valence-electron chi connectivity index (χ2n) is 9.95. The van der Waals surface area contributed by atoms with Crippen LogP contribution in [0.1, 0.15) is 38.3 Å². The molecule has 42 heavy (non-hydrogen) atoms. The van der Waals surface area contributed by atoms with E-state index in [0.717, 1.165) is 22.0 Å². The van der Waals surface area contributed by atoms with Gasteiger partial charge in [0.25, 0.3) is 11.8 Å². The molecule has 0 bridgehead atoms. The summed E-state index contributed by atoms with van der Waals surface area (Å²) < 4.78 is 13.3. The molecule has 4 aromatic carbocycles. The second kappa shape index (κ2) is 13.0. The SMILES string of the molecule is O=C(O)CCN(CCc1c[nH]c2ccccc12)C(=O)c1ccccc1-c1ccccc1C(=O)NCc1ccc(F)cc1. The van der Waals surface area contributed by atoms with Gasteiger partial charge in [-0.1, -0.05) is 66.7 Å². The Kier molecular flexibility index (Phi) is 8.72. The van der Waals surface area contributed by atoms with Crippen LogP contribution < -0.4 is 5.32 Å². The summed E-state index contributed by atoms with van der Waals surface area (Å²) in [5.74, 6) is -1.99. The molecule has 3 N–H and O–H groups in total. The Morgan fingerprint density at radius 1 is 0.786 bits per heavy atom. The van der Waals surface area contributed by atoms with Crippen LogP contribution in [0.3, 0.4) is 0 Å². The number of H-pyrrole nitrogens is 1. The van der Waals surface area contributed by atoms with Gasteiger partial charge in [0, 0.05) is 47.9 Å². The first-order chi connectivity index (χ1) is 20.4. The molecule has 0 atom stereocenters. The highest BCUT2D eigenvalue weighted by molar-refractivity contribution is 6.06. The summed E-state index contributed by atoms with van der Waals surface area (Å²) in [6.07, 6.45) is 2.27. The molecule has 212 valence electrons. The van der Waals surface area contributed by atoms with E-state index < -0.39 is 5.97 Å². The summed E-state index contributed by atoms with van der Waals surface area (Å²) in [5, 5.41) is 13.3. The number of aliphatic carboxylic acids is 1. The standard InChI is InChI=1S/C34H30FN3O4/c35-25-15-13-23(14-16-25)21-37-33(41)29-10-3-1-8-27(29)28-9-2-4-11-30(28)34(42)38(20-18-32(39)40)19-17-24-22-36-31-12-6-5-7-26(24)31/h1-16,22,36H,17-21H2,(H,37,41)(H,39,40). The molecule has 0 radical (unpaired) electrons. The molecule has 5 rings (SSSR count). The monoisotopic (exact) mass is 563 g/mol. The highest BCUT2D eigenvalue weighted by atomic mass is 19.1. The molecule has 0 saturated carbocycles. The van der Waals surface area contributed by atoms with Gasteiger partial charge in [0.2, 0.25) is 0 Å². The van der Waals surface area contributed by atoms with Gasteiger partial charge < -0.3 is 20.3 Å². The number of aromatic amines is 1. The lowest BCUT2D eigenvalue weighted by Crippen LogP contribution is -2.35. The van der Waals surface area contributed by atoms with Crippen LogP contribution in [0.15, 0.2) is 103 Å². The Morgan fingerprint density at radius 3 is 2.17 bits per heavy atom. The first kappa shape index (κ1) is 28.3. The number of para-hydroxylation sites is 1. The number of halogens is 1. The third-order valence-electron chi connectivity index (χ3n) is 7.19. The molecule has 1 aromatic heterocycles. The van der Waals surface area contributed by atoms with Gasteiger partial charge in [-0.05, 0) is 59.0 Å². The molecule has 5 aromatic rings. The van der Waals surface area contributed by atoms with Crippen molar-refractivity contribution in [3.63, 3.8) is 0 Å². The fourth-order valence-corrected chi connectivity index (χ4v) is 5.01. The van der Waals surface area contributed by atoms with Crippen LogP contribution >= 0.6 is 0 Å². The lowest BCUT2D eigenvalue weighted by Gasteiger charge is -2.24. The van der Waals surface area contributed by atoms with Crippen LogP contribution in [-0.4, -0.2) is 45.9 Å². The summed E-state index contributed by atoms with van der Waals surface area (Å²) >= 11 is 0. The van der Waals surface area contributed by atoms with E-state index in [1.165, 1.54) is 12.1 Å². The molecule has 0 fully saturated rings. The van der Waals surface area contributed by atoms with E-state index in [1.54, 1.807) is 65.6 Å². The number of nitrogens with zero attached hydrogens (tertiary/aromatic N) is 1. The van der Waals surface area contributed by atoms with Crippen LogP contribution in [0.4, 0.5) is 4.39 Å². The molecule has 7 nitrogen and oxygen atoms in total. The van der Waals surface area contributed by atoms with E-state index in [1.807, 2.05) is 30.5 Å². The molecule has 0 unspecified atom stereocenters. The van der Waals surface area contributed by atoms with Gasteiger partial charge in [-0.3, -0.25) is 14.4 Å². The summed E-state index contributed by atoms with van der Waals surface area (Å²) in [6.45, 7) is 0.581. The number of carboxylic acid groups (broad SMARTS) is 1. The fraction of sp³-hybridized carbons (Fsp3) is 0.147. The van der Waals surface area contributed by atoms with Gasteiger partial charge in [-0.25, -0.2) is 4.39 Å². The molecular formula is C34H30FN3O4. The number of nitrogens with one attached hydrogen (secondary N) is 2. The lowest BCUT2D eigenvalue weighted by molar-refractivity contribution is -0.137. The summed E-state index contributed by atoms with van der Waals surface area (Å²) in [4.78, 5) is 43.5. The molecule has 0 aliphatic carbocycles. The van der Waals surface area contributed by atoms with Gasteiger partial charge in [0.05, 0.1) is 6.42 Å². The molecule has 0 spiro atoms. The number of carbonyl (C=O) groups excluding carboxylic acids is 2. The average molecular weight is 564 g/mol. The van der Waals surface area contributed by atoms with Crippen molar-refractivity contribution in [2.45, 2.75) is 19.4 Å². The fourth-order valence-electron chi connectivity index (χ4n) is 5.01. The Bertz CT molecular complexity index is 1730. The van der Waals surface area contributed by atoms with Crippen LogP contribution in [0, 0.1) is 5.82 Å². The van der Waals surface area contributed by atoms with E-state index >= 15 is 0 Å². The van der Waals surface area contributed by atoms with E-state index in [4.69, 9.17) is 0 Å². The van der Waals surface area contributed by atoms with E-state index in [0.29, 0.717) is 35.2 Å². The molecule has 0 saturated heterocycles. The Labute approximate surface area is 242 Å². The molecule has 8 heteroatoms. The van der Waals surface area contributed by atoms with Crippen molar-refractivity contribution in [3.05, 3.63) is 131 Å². The Morgan fingerprint density at radius 2 is 1.43 bits per heavy atom. The average Bonchev–Trinajstić information content (AvgIpc) is 3.43. The smallest absolute Gasteiger partial charge is 0.305 e. The van der Waals surface area contributed by atoms with Crippen molar-refractivity contribution in [2.24, 2.45) is 0 Å². The first-order valence-electron chi connectivity index (χ1n) is 13.7. The van der Waals surface area contributed by atoms with Gasteiger partial charge >= 0.3 is 5.97 Å². The molecule has 1 heterocycles. The summed E-state index contributed by atoms with van der Waals surface area (Å²) in [7, 11) is 0. The van der Waals surface area contributed by atoms with Crippen LogP contribution in [-0.2, 0) is 17.8 Å². The van der Waals surface area contributed by atoms with Gasteiger partial charge in [-0.2, -0.15) is 0 Å². The number of aromatic nitrogens is 1. The van der Waals surface area contributed by atoms with E-state index in [2.05, 4.69) is 10.3 Å². The number of hydrogen-bond acceptors (Lipinski definition) is 3. The number of carboxylic acids is 1. The predicted octanol–water partition coefficient (Wildman–Crippen LogP) is 6.06. The normalized spacial score (nSPS) is 10.9. The van der Waals surface area contributed by atoms with E-state index in [-0.39, 0.29) is 37.1 Å². The highest BCUT2D eigenvalue weighted by Gasteiger charge is 2.23. The number of fused-ring (bicyclic) bond motifs is 1. The molecular weight excluding hydrogens is 533 g/mol. The van der Waals surface area contributed by atoms with Crippen molar-refractivity contribution in [1.82, 2.24) is 15.2 Å². The predicted molar refractivity (Wildman–Crippen MR) is 160 cm³/mol. The summed E-state index contributed by atoms with van der Waals surface area (Å²) in [5.41, 5.74) is 4.69. The number of benzene rings is 4. The molecule has 2 amide bonds. The first-order valence-corrected chi connectivity index (χ1v) is 13.7. The van der Waals surface area contributed by atoms with Crippen molar-refractivity contribution in [1.29, 1.82) is 0 Å². The quantitative estimate of drug-likeness (QED) is 0.182. The minimum Gasteiger partial charge on any atom is -0.481 e. The summed E-state index contributed by atoms with van der Waals surface area (Å²) in [6, 6.07) is 27.9. The molecule has 0 aliphatic heterocycles.